The zero-order valence-electron chi connectivity index (χ0n) is 13.7. The van der Waals surface area contributed by atoms with Crippen LogP contribution in [0.25, 0.3) is 0 Å². The molecule has 0 spiro atoms. The molecule has 134 valence electrons. The van der Waals surface area contributed by atoms with Crippen LogP contribution >= 0.6 is 11.3 Å². The summed E-state index contributed by atoms with van der Waals surface area (Å²) in [5.41, 5.74) is -1.42. The van der Waals surface area contributed by atoms with Gasteiger partial charge in [0.1, 0.15) is 5.01 Å². The monoisotopic (exact) mass is 370 g/mol. The Kier molecular flexibility index (Phi) is 4.36. The number of carbonyl (C=O) groups excluding carboxylic acids is 1. The van der Waals surface area contributed by atoms with Crippen molar-refractivity contribution in [2.24, 2.45) is 0 Å². The van der Waals surface area contributed by atoms with Crippen LogP contribution in [0.15, 0.2) is 29.6 Å². The van der Waals surface area contributed by atoms with Crippen molar-refractivity contribution in [1.29, 1.82) is 0 Å². The second-order valence-corrected chi connectivity index (χ2v) is 7.13. The lowest BCUT2D eigenvalue weighted by Crippen LogP contribution is -2.48. The van der Waals surface area contributed by atoms with E-state index < -0.39 is 29.1 Å². The maximum absolute atomic E-state index is 13.6. The third-order valence-corrected chi connectivity index (χ3v) is 5.44. The minimum Gasteiger partial charge on any atom is -0.374 e. The van der Waals surface area contributed by atoms with E-state index in [9.17, 15) is 23.1 Å². The highest BCUT2D eigenvalue weighted by Gasteiger charge is 2.58. The summed E-state index contributed by atoms with van der Waals surface area (Å²) in [5.74, 6) is -0.773. The minimum atomic E-state index is -5.00. The molecule has 0 saturated heterocycles. The molecule has 0 unspecified atom stereocenters. The SMILES string of the molecule is Cc1csc([C@@](O)(CC(=O)N2c3ccccc3C[C@@H]2C)C(F)(F)F)n1. The maximum atomic E-state index is 13.6. The zero-order valence-corrected chi connectivity index (χ0v) is 14.5. The Bertz CT molecular complexity index is 805. The predicted octanol–water partition coefficient (Wildman–Crippen LogP) is 3.57. The number of nitrogens with zero attached hydrogens (tertiary/aromatic N) is 2. The molecule has 4 nitrogen and oxygen atoms in total. The highest BCUT2D eigenvalue weighted by atomic mass is 32.1. The Labute approximate surface area is 146 Å². The smallest absolute Gasteiger partial charge is 0.374 e. The molecule has 2 aromatic rings. The van der Waals surface area contributed by atoms with Gasteiger partial charge in [0.25, 0.3) is 0 Å². The van der Waals surface area contributed by atoms with Gasteiger partial charge in [-0.3, -0.25) is 4.79 Å². The van der Waals surface area contributed by atoms with Crippen molar-refractivity contribution in [2.45, 2.75) is 44.5 Å². The predicted molar refractivity (Wildman–Crippen MR) is 88.5 cm³/mol. The van der Waals surface area contributed by atoms with Gasteiger partial charge < -0.3 is 10.0 Å². The summed E-state index contributed by atoms with van der Waals surface area (Å²) in [6.07, 6.45) is -5.53. The summed E-state index contributed by atoms with van der Waals surface area (Å²) in [4.78, 5) is 17.8. The standard InChI is InChI=1S/C17H17F3N2O2S/c1-10-9-25-15(21-10)16(24,17(18,19)20)8-14(23)22-11(2)7-12-5-3-4-6-13(12)22/h3-6,9,11,24H,7-8H2,1-2H3/t11-,16-/m0/s1. The number of hydrogen-bond acceptors (Lipinski definition) is 4. The van der Waals surface area contributed by atoms with Gasteiger partial charge in [0, 0.05) is 22.8 Å². The van der Waals surface area contributed by atoms with Gasteiger partial charge in [-0.2, -0.15) is 13.2 Å². The van der Waals surface area contributed by atoms with Gasteiger partial charge in [0.05, 0.1) is 6.42 Å². The third kappa shape index (κ3) is 3.04. The van der Waals surface area contributed by atoms with Crippen LogP contribution in [0.3, 0.4) is 0 Å². The fourth-order valence-corrected chi connectivity index (χ4v) is 4.01. The van der Waals surface area contributed by atoms with Gasteiger partial charge >= 0.3 is 6.18 Å². The molecular weight excluding hydrogens is 353 g/mol. The average Bonchev–Trinajstić information content (AvgIpc) is 3.08. The zero-order chi connectivity index (χ0) is 18.4. The number of aromatic nitrogens is 1. The van der Waals surface area contributed by atoms with Crippen LogP contribution < -0.4 is 4.90 Å². The number of benzene rings is 1. The van der Waals surface area contributed by atoms with Gasteiger partial charge in [0.2, 0.25) is 11.5 Å². The molecule has 1 aliphatic heterocycles. The van der Waals surface area contributed by atoms with Crippen LogP contribution in [0.2, 0.25) is 0 Å². The number of amides is 1. The first-order valence-corrected chi connectivity index (χ1v) is 8.63. The van der Waals surface area contributed by atoms with Crippen molar-refractivity contribution in [1.82, 2.24) is 4.98 Å². The van der Waals surface area contributed by atoms with E-state index in [-0.39, 0.29) is 6.04 Å². The summed E-state index contributed by atoms with van der Waals surface area (Å²) < 4.78 is 40.8. The fraction of sp³-hybridized carbons (Fsp3) is 0.412. The first-order chi connectivity index (χ1) is 11.6. The summed E-state index contributed by atoms with van der Waals surface area (Å²) in [6.45, 7) is 3.31. The fourth-order valence-electron chi connectivity index (χ4n) is 3.09. The molecule has 0 bridgehead atoms. The summed E-state index contributed by atoms with van der Waals surface area (Å²) in [6, 6.07) is 6.85. The first-order valence-electron chi connectivity index (χ1n) is 7.75. The largest absolute Gasteiger partial charge is 0.424 e. The van der Waals surface area contributed by atoms with Crippen LogP contribution in [0.1, 0.15) is 29.6 Å². The lowest BCUT2D eigenvalue weighted by molar-refractivity contribution is -0.267. The number of rotatable bonds is 3. The third-order valence-electron chi connectivity index (χ3n) is 4.32. The molecule has 3 rings (SSSR count). The molecule has 1 aliphatic rings. The molecule has 0 radical (unpaired) electrons. The molecule has 0 aliphatic carbocycles. The highest BCUT2D eigenvalue weighted by molar-refractivity contribution is 7.09. The lowest BCUT2D eigenvalue weighted by atomic mass is 9.98. The van der Waals surface area contributed by atoms with Crippen LogP contribution in [-0.2, 0) is 16.8 Å². The molecule has 2 atom stereocenters. The van der Waals surface area contributed by atoms with E-state index >= 15 is 0 Å². The Balaban J connectivity index is 1.94. The summed E-state index contributed by atoms with van der Waals surface area (Å²) in [7, 11) is 0. The average molecular weight is 370 g/mol. The Hall–Kier alpha value is -1.93. The van der Waals surface area contributed by atoms with Crippen molar-refractivity contribution < 1.29 is 23.1 Å². The van der Waals surface area contributed by atoms with Crippen molar-refractivity contribution in [3.8, 4) is 0 Å². The van der Waals surface area contributed by atoms with Crippen molar-refractivity contribution in [2.75, 3.05) is 4.90 Å². The Morgan fingerprint density at radius 1 is 1.40 bits per heavy atom. The molecule has 2 heterocycles. The van der Waals surface area contributed by atoms with Crippen LogP contribution in [0.5, 0.6) is 0 Å². The number of para-hydroxylation sites is 1. The molecule has 1 aromatic carbocycles. The number of thiazole rings is 1. The van der Waals surface area contributed by atoms with Crippen LogP contribution in [0.4, 0.5) is 18.9 Å². The van der Waals surface area contributed by atoms with Gasteiger partial charge in [0.15, 0.2) is 0 Å². The Morgan fingerprint density at radius 2 is 2.08 bits per heavy atom. The number of aryl methyl sites for hydroxylation is 1. The summed E-state index contributed by atoms with van der Waals surface area (Å²) in [5, 5.41) is 11.3. The van der Waals surface area contributed by atoms with Crippen LogP contribution in [0, 0.1) is 6.92 Å². The van der Waals surface area contributed by atoms with E-state index in [1.807, 2.05) is 12.1 Å². The second kappa shape index (κ2) is 6.10. The van der Waals surface area contributed by atoms with E-state index in [2.05, 4.69) is 4.98 Å². The molecule has 25 heavy (non-hydrogen) atoms. The van der Waals surface area contributed by atoms with E-state index in [4.69, 9.17) is 0 Å². The van der Waals surface area contributed by atoms with Crippen LogP contribution in [-0.4, -0.2) is 28.2 Å². The van der Waals surface area contributed by atoms with Gasteiger partial charge in [-0.25, -0.2) is 4.98 Å². The van der Waals surface area contributed by atoms with Gasteiger partial charge in [-0.1, -0.05) is 18.2 Å². The number of halogens is 3. The first kappa shape index (κ1) is 17.9. The normalized spacial score (nSPS) is 19.6. The molecule has 0 fully saturated rings. The number of aliphatic hydroxyl groups is 1. The molecule has 1 amide bonds. The highest BCUT2D eigenvalue weighted by Crippen LogP contribution is 2.44. The minimum absolute atomic E-state index is 0.264. The van der Waals surface area contributed by atoms with E-state index in [1.54, 1.807) is 19.1 Å². The quantitative estimate of drug-likeness (QED) is 0.899. The summed E-state index contributed by atoms with van der Waals surface area (Å²) >= 11 is 0.702. The number of fused-ring (bicyclic) bond motifs is 1. The molecule has 1 aromatic heterocycles. The van der Waals surface area contributed by atoms with E-state index in [1.165, 1.54) is 17.2 Å². The van der Waals surface area contributed by atoms with E-state index in [0.29, 0.717) is 29.1 Å². The number of hydrogen-bond donors (Lipinski definition) is 1. The van der Waals surface area contributed by atoms with Crippen molar-refractivity contribution in [3.63, 3.8) is 0 Å². The number of anilines is 1. The number of carbonyl (C=O) groups is 1. The van der Waals surface area contributed by atoms with Crippen molar-refractivity contribution >= 4 is 22.9 Å². The lowest BCUT2D eigenvalue weighted by Gasteiger charge is -2.31. The molecule has 8 heteroatoms. The molecule has 1 N–H and O–H groups in total. The van der Waals surface area contributed by atoms with Crippen molar-refractivity contribution in [3.05, 3.63) is 45.9 Å². The molecular formula is C17H17F3N2O2S. The molecule has 0 saturated carbocycles. The Morgan fingerprint density at radius 3 is 2.68 bits per heavy atom. The van der Waals surface area contributed by atoms with E-state index in [0.717, 1.165) is 5.56 Å². The van der Waals surface area contributed by atoms with Gasteiger partial charge in [-0.15, -0.1) is 11.3 Å². The maximum Gasteiger partial charge on any atom is 0.424 e. The van der Waals surface area contributed by atoms with Gasteiger partial charge in [-0.05, 0) is 31.9 Å². The topological polar surface area (TPSA) is 53.4 Å². The number of alkyl halides is 3. The second-order valence-electron chi connectivity index (χ2n) is 6.27.